The molecule has 144 valence electrons. The smallest absolute Gasteiger partial charge is 0.325 e. The number of nitrogens with zero attached hydrogens (tertiary/aromatic N) is 1. The highest BCUT2D eigenvalue weighted by Gasteiger charge is 2.33. The predicted molar refractivity (Wildman–Crippen MR) is 114 cm³/mol. The van der Waals surface area contributed by atoms with E-state index in [0.717, 1.165) is 22.9 Å². The van der Waals surface area contributed by atoms with Gasteiger partial charge in [0.15, 0.2) is 0 Å². The quantitative estimate of drug-likeness (QED) is 0.384. The Hall–Kier alpha value is -2.35. The number of esters is 1. The fraction of sp³-hybridized carbons (Fsp3) is 0.150. The molecule has 8 heteroatoms. The van der Waals surface area contributed by atoms with Gasteiger partial charge in [0.1, 0.15) is 23.2 Å². The van der Waals surface area contributed by atoms with Crippen LogP contribution in [0.4, 0.5) is 0 Å². The molecule has 0 radical (unpaired) electrons. The summed E-state index contributed by atoms with van der Waals surface area (Å²) in [5.74, 6) is -0.132. The van der Waals surface area contributed by atoms with E-state index in [-0.39, 0.29) is 12.5 Å². The van der Waals surface area contributed by atoms with Gasteiger partial charge in [-0.25, -0.2) is 0 Å². The normalized spacial score (nSPS) is 15.2. The van der Waals surface area contributed by atoms with Crippen molar-refractivity contribution in [2.45, 2.75) is 6.61 Å². The van der Waals surface area contributed by atoms with E-state index in [1.54, 1.807) is 6.08 Å². The Morgan fingerprint density at radius 1 is 1.21 bits per heavy atom. The molecule has 3 rings (SSSR count). The van der Waals surface area contributed by atoms with E-state index >= 15 is 0 Å². The van der Waals surface area contributed by atoms with Crippen molar-refractivity contribution in [2.24, 2.45) is 0 Å². The fourth-order valence-electron chi connectivity index (χ4n) is 2.42. The predicted octanol–water partition coefficient (Wildman–Crippen LogP) is 4.29. The van der Waals surface area contributed by atoms with Crippen LogP contribution in [0.1, 0.15) is 11.1 Å². The number of amides is 1. The van der Waals surface area contributed by atoms with Crippen LogP contribution in [0.15, 0.2) is 53.4 Å². The molecule has 2 aromatic rings. The van der Waals surface area contributed by atoms with Crippen molar-refractivity contribution >= 4 is 57.9 Å². The summed E-state index contributed by atoms with van der Waals surface area (Å²) < 4.78 is 10.7. The van der Waals surface area contributed by atoms with E-state index in [1.807, 2.05) is 48.5 Å². The first-order chi connectivity index (χ1) is 13.5. The summed E-state index contributed by atoms with van der Waals surface area (Å²) in [5, 5.41) is 0.660. The van der Waals surface area contributed by atoms with Crippen molar-refractivity contribution in [3.05, 3.63) is 69.6 Å². The van der Waals surface area contributed by atoms with Gasteiger partial charge in [-0.3, -0.25) is 14.5 Å². The van der Waals surface area contributed by atoms with Gasteiger partial charge in [-0.2, -0.15) is 0 Å². The van der Waals surface area contributed by atoms with E-state index in [2.05, 4.69) is 4.74 Å². The average molecular weight is 434 g/mol. The number of hydrogen-bond donors (Lipinski definition) is 0. The highest BCUT2D eigenvalue weighted by atomic mass is 35.5. The van der Waals surface area contributed by atoms with Crippen LogP contribution < -0.4 is 4.74 Å². The first kappa shape index (κ1) is 20.4. The zero-order chi connectivity index (χ0) is 20.1. The average Bonchev–Trinajstić information content (AvgIpc) is 2.95. The summed E-state index contributed by atoms with van der Waals surface area (Å²) in [6.45, 7) is 0.179. The molecule has 1 amide bonds. The topological polar surface area (TPSA) is 55.8 Å². The summed E-state index contributed by atoms with van der Waals surface area (Å²) in [6.07, 6.45) is 1.73. The number of hydrogen-bond acceptors (Lipinski definition) is 6. The third-order valence-electron chi connectivity index (χ3n) is 3.92. The highest BCUT2D eigenvalue weighted by molar-refractivity contribution is 8.26. The van der Waals surface area contributed by atoms with Crippen LogP contribution in [0.5, 0.6) is 5.75 Å². The number of thioether (sulfide) groups is 1. The maximum Gasteiger partial charge on any atom is 0.325 e. The Morgan fingerprint density at radius 2 is 1.93 bits per heavy atom. The van der Waals surface area contributed by atoms with Gasteiger partial charge in [-0.05, 0) is 29.8 Å². The van der Waals surface area contributed by atoms with Crippen LogP contribution in [0.25, 0.3) is 6.08 Å². The molecular weight excluding hydrogens is 418 g/mol. The number of thiocarbonyl (C=S) groups is 1. The molecule has 1 saturated heterocycles. The zero-order valence-electron chi connectivity index (χ0n) is 14.9. The van der Waals surface area contributed by atoms with Crippen molar-refractivity contribution in [1.82, 2.24) is 4.90 Å². The Kier molecular flexibility index (Phi) is 6.72. The molecule has 0 aliphatic carbocycles. The number of rotatable bonds is 6. The molecule has 5 nitrogen and oxygen atoms in total. The third-order valence-corrected chi connectivity index (χ3v) is 5.67. The van der Waals surface area contributed by atoms with Crippen LogP contribution in [0.2, 0.25) is 5.02 Å². The van der Waals surface area contributed by atoms with Gasteiger partial charge in [0.05, 0.1) is 12.0 Å². The van der Waals surface area contributed by atoms with E-state index in [4.69, 9.17) is 28.6 Å². The van der Waals surface area contributed by atoms with Gasteiger partial charge in [0, 0.05) is 10.6 Å². The lowest BCUT2D eigenvalue weighted by Crippen LogP contribution is -2.33. The summed E-state index contributed by atoms with van der Waals surface area (Å²) >= 11 is 12.5. The number of carbonyl (C=O) groups is 2. The lowest BCUT2D eigenvalue weighted by atomic mass is 10.2. The van der Waals surface area contributed by atoms with Gasteiger partial charge >= 0.3 is 5.97 Å². The van der Waals surface area contributed by atoms with Gasteiger partial charge in [0.2, 0.25) is 0 Å². The maximum atomic E-state index is 12.4. The van der Waals surface area contributed by atoms with Crippen molar-refractivity contribution in [3.8, 4) is 5.75 Å². The fourth-order valence-corrected chi connectivity index (χ4v) is 3.86. The SMILES string of the molecule is COC(=O)CN1C(=O)/C(=C/c2ccc(OCc3ccccc3Cl)cc2)SC1=S. The molecular formula is C20H16ClNO4S2. The first-order valence-electron chi connectivity index (χ1n) is 8.26. The number of methoxy groups -OCH3 is 1. The van der Waals surface area contributed by atoms with Crippen LogP contribution in [-0.4, -0.2) is 34.8 Å². The Balaban J connectivity index is 1.65. The molecule has 0 N–H and O–H groups in total. The minimum Gasteiger partial charge on any atom is -0.489 e. The van der Waals surface area contributed by atoms with Crippen LogP contribution >= 0.6 is 35.6 Å². The number of ether oxygens (including phenoxy) is 2. The standard InChI is InChI=1S/C20H16ClNO4S2/c1-25-18(23)11-22-19(24)17(28-20(22)27)10-13-6-8-15(9-7-13)26-12-14-4-2-3-5-16(14)21/h2-10H,11-12H2,1H3/b17-10-. The second-order valence-electron chi connectivity index (χ2n) is 5.79. The largest absolute Gasteiger partial charge is 0.489 e. The molecule has 1 aliphatic rings. The molecule has 0 atom stereocenters. The molecule has 1 aliphatic heterocycles. The third kappa shape index (κ3) is 4.92. The summed E-state index contributed by atoms with van der Waals surface area (Å²) in [7, 11) is 1.27. The van der Waals surface area contributed by atoms with E-state index in [1.165, 1.54) is 12.0 Å². The molecule has 28 heavy (non-hydrogen) atoms. The first-order valence-corrected chi connectivity index (χ1v) is 9.86. The van der Waals surface area contributed by atoms with Gasteiger partial charge in [-0.1, -0.05) is 65.9 Å². The van der Waals surface area contributed by atoms with Gasteiger partial charge < -0.3 is 9.47 Å². The lowest BCUT2D eigenvalue weighted by Gasteiger charge is -2.11. The molecule has 0 saturated carbocycles. The number of carbonyl (C=O) groups excluding carboxylic acids is 2. The summed E-state index contributed by atoms with van der Waals surface area (Å²) in [6, 6.07) is 14.8. The van der Waals surface area contributed by atoms with Gasteiger partial charge in [0.25, 0.3) is 5.91 Å². The van der Waals surface area contributed by atoms with E-state index < -0.39 is 5.97 Å². The molecule has 1 fully saturated rings. The minimum absolute atomic E-state index is 0.187. The monoisotopic (exact) mass is 433 g/mol. The summed E-state index contributed by atoms with van der Waals surface area (Å²) in [4.78, 5) is 25.5. The van der Waals surface area contributed by atoms with E-state index in [0.29, 0.717) is 26.6 Å². The second-order valence-corrected chi connectivity index (χ2v) is 7.88. The Bertz CT molecular complexity index is 943. The second kappa shape index (κ2) is 9.23. The van der Waals surface area contributed by atoms with E-state index in [9.17, 15) is 9.59 Å². The van der Waals surface area contributed by atoms with Crippen molar-refractivity contribution < 1.29 is 19.1 Å². The summed E-state index contributed by atoms with van der Waals surface area (Å²) in [5.41, 5.74) is 1.73. The minimum atomic E-state index is -0.516. The molecule has 0 unspecified atom stereocenters. The molecule has 2 aromatic carbocycles. The van der Waals surface area contributed by atoms with Crippen LogP contribution in [0.3, 0.4) is 0 Å². The highest BCUT2D eigenvalue weighted by Crippen LogP contribution is 2.32. The van der Waals surface area contributed by atoms with Gasteiger partial charge in [-0.15, -0.1) is 0 Å². The molecule has 0 aromatic heterocycles. The van der Waals surface area contributed by atoms with Crippen molar-refractivity contribution in [3.63, 3.8) is 0 Å². The Labute approximate surface area is 177 Å². The van der Waals surface area contributed by atoms with Crippen molar-refractivity contribution in [2.75, 3.05) is 13.7 Å². The van der Waals surface area contributed by atoms with Crippen LogP contribution in [-0.2, 0) is 20.9 Å². The van der Waals surface area contributed by atoms with Crippen molar-refractivity contribution in [1.29, 1.82) is 0 Å². The number of benzene rings is 2. The lowest BCUT2D eigenvalue weighted by molar-refractivity contribution is -0.143. The maximum absolute atomic E-state index is 12.4. The van der Waals surface area contributed by atoms with Crippen LogP contribution in [0, 0.1) is 0 Å². The Morgan fingerprint density at radius 3 is 2.61 bits per heavy atom. The molecule has 0 bridgehead atoms. The molecule has 1 heterocycles. The zero-order valence-corrected chi connectivity index (χ0v) is 17.3. The number of halogens is 1. The molecule has 0 spiro atoms.